The van der Waals surface area contributed by atoms with Gasteiger partial charge in [0.1, 0.15) is 0 Å². The Morgan fingerprint density at radius 1 is 1.15 bits per heavy atom. The second-order valence-electron chi connectivity index (χ2n) is 6.08. The van der Waals surface area contributed by atoms with E-state index >= 15 is 0 Å². The van der Waals surface area contributed by atoms with Gasteiger partial charge in [0.05, 0.1) is 0 Å². The predicted molar refractivity (Wildman–Crippen MR) is 84.2 cm³/mol. The maximum atomic E-state index is 12.3. The summed E-state index contributed by atoms with van der Waals surface area (Å²) in [7, 11) is 0. The predicted octanol–water partition coefficient (Wildman–Crippen LogP) is 3.96. The van der Waals surface area contributed by atoms with E-state index in [9.17, 15) is 4.79 Å². The number of rotatable bonds is 5. The fraction of sp³-hybridized carbons (Fsp3) is 0.588. The number of hydrogen-bond donors (Lipinski definition) is 2. The van der Waals surface area contributed by atoms with Crippen molar-refractivity contribution >= 4 is 11.6 Å². The van der Waals surface area contributed by atoms with E-state index < -0.39 is 0 Å². The summed E-state index contributed by atoms with van der Waals surface area (Å²) in [5.41, 5.74) is 1.81. The first-order chi connectivity index (χ1) is 9.63. The van der Waals surface area contributed by atoms with E-state index in [-0.39, 0.29) is 11.4 Å². The number of amides is 1. The lowest BCUT2D eigenvalue weighted by molar-refractivity contribution is 0.0883. The molecule has 3 nitrogen and oxygen atoms in total. The van der Waals surface area contributed by atoms with Crippen LogP contribution in [0.5, 0.6) is 0 Å². The van der Waals surface area contributed by atoms with Gasteiger partial charge in [-0.15, -0.1) is 0 Å². The molecule has 1 aliphatic rings. The summed E-state index contributed by atoms with van der Waals surface area (Å²) in [5.74, 6) is 0.0523. The minimum absolute atomic E-state index is 0.0194. The van der Waals surface area contributed by atoms with Gasteiger partial charge in [-0.05, 0) is 50.5 Å². The van der Waals surface area contributed by atoms with Crippen molar-refractivity contribution in [3.05, 3.63) is 29.8 Å². The molecule has 1 aliphatic carbocycles. The molecule has 1 fully saturated rings. The molecule has 2 rings (SSSR count). The SMILES string of the molecule is CCCNc1ccc(C(=O)NC2(C)CCCCC2)cc1. The van der Waals surface area contributed by atoms with Crippen LogP contribution in [0.4, 0.5) is 5.69 Å². The van der Waals surface area contributed by atoms with Crippen LogP contribution in [-0.2, 0) is 0 Å². The van der Waals surface area contributed by atoms with Crippen molar-refractivity contribution in [2.24, 2.45) is 0 Å². The number of nitrogens with one attached hydrogen (secondary N) is 2. The van der Waals surface area contributed by atoms with E-state index in [0.717, 1.165) is 37.1 Å². The Bertz CT molecular complexity index is 433. The molecule has 3 heteroatoms. The van der Waals surface area contributed by atoms with Gasteiger partial charge in [-0.3, -0.25) is 4.79 Å². The summed E-state index contributed by atoms with van der Waals surface area (Å²) in [6, 6.07) is 7.76. The van der Waals surface area contributed by atoms with Crippen LogP contribution in [0, 0.1) is 0 Å². The van der Waals surface area contributed by atoms with Gasteiger partial charge in [-0.1, -0.05) is 26.2 Å². The largest absolute Gasteiger partial charge is 0.385 e. The van der Waals surface area contributed by atoms with Crippen molar-refractivity contribution in [1.29, 1.82) is 0 Å². The van der Waals surface area contributed by atoms with Crippen LogP contribution in [-0.4, -0.2) is 18.0 Å². The van der Waals surface area contributed by atoms with Gasteiger partial charge in [0.25, 0.3) is 5.91 Å². The zero-order chi connectivity index (χ0) is 14.4. The molecule has 0 saturated heterocycles. The third-order valence-corrected chi connectivity index (χ3v) is 4.10. The molecule has 0 atom stereocenters. The van der Waals surface area contributed by atoms with E-state index in [2.05, 4.69) is 24.5 Å². The Kier molecular flexibility index (Phi) is 5.05. The molecule has 0 aliphatic heterocycles. The molecule has 1 aromatic rings. The third kappa shape index (κ3) is 3.99. The molecule has 20 heavy (non-hydrogen) atoms. The summed E-state index contributed by atoms with van der Waals surface area (Å²) in [6.45, 7) is 5.27. The minimum atomic E-state index is -0.0194. The van der Waals surface area contributed by atoms with E-state index in [0.29, 0.717) is 0 Å². The van der Waals surface area contributed by atoms with Gasteiger partial charge in [0, 0.05) is 23.3 Å². The van der Waals surface area contributed by atoms with Crippen molar-refractivity contribution < 1.29 is 4.79 Å². The van der Waals surface area contributed by atoms with E-state index in [1.807, 2.05) is 24.3 Å². The lowest BCUT2D eigenvalue weighted by Gasteiger charge is -2.34. The first-order valence-electron chi connectivity index (χ1n) is 7.79. The third-order valence-electron chi connectivity index (χ3n) is 4.10. The Balaban J connectivity index is 1.94. The summed E-state index contributed by atoms with van der Waals surface area (Å²) in [5, 5.41) is 6.53. The highest BCUT2D eigenvalue weighted by Crippen LogP contribution is 2.27. The van der Waals surface area contributed by atoms with Crippen molar-refractivity contribution in [2.75, 3.05) is 11.9 Å². The van der Waals surface area contributed by atoms with Crippen molar-refractivity contribution in [1.82, 2.24) is 5.32 Å². The standard InChI is InChI=1S/C17H26N2O/c1-3-13-18-15-9-7-14(8-10-15)16(20)19-17(2)11-5-4-6-12-17/h7-10,18H,3-6,11-13H2,1-2H3,(H,19,20). The van der Waals surface area contributed by atoms with Crippen LogP contribution < -0.4 is 10.6 Å². The van der Waals surface area contributed by atoms with Crippen LogP contribution in [0.3, 0.4) is 0 Å². The highest BCUT2D eigenvalue weighted by Gasteiger charge is 2.28. The second kappa shape index (κ2) is 6.78. The maximum Gasteiger partial charge on any atom is 0.251 e. The van der Waals surface area contributed by atoms with Crippen molar-refractivity contribution in [3.63, 3.8) is 0 Å². The fourth-order valence-corrected chi connectivity index (χ4v) is 2.81. The molecule has 1 aromatic carbocycles. The molecule has 1 saturated carbocycles. The molecule has 0 bridgehead atoms. The Morgan fingerprint density at radius 3 is 2.40 bits per heavy atom. The van der Waals surface area contributed by atoms with Gasteiger partial charge in [-0.25, -0.2) is 0 Å². The molecule has 0 unspecified atom stereocenters. The minimum Gasteiger partial charge on any atom is -0.385 e. The lowest BCUT2D eigenvalue weighted by atomic mass is 9.83. The molecular weight excluding hydrogens is 248 g/mol. The smallest absolute Gasteiger partial charge is 0.251 e. The monoisotopic (exact) mass is 274 g/mol. The molecular formula is C17H26N2O. The molecule has 2 N–H and O–H groups in total. The van der Waals surface area contributed by atoms with E-state index in [4.69, 9.17) is 0 Å². The van der Waals surface area contributed by atoms with Gasteiger partial charge < -0.3 is 10.6 Å². The molecule has 1 amide bonds. The second-order valence-corrected chi connectivity index (χ2v) is 6.08. The van der Waals surface area contributed by atoms with Crippen LogP contribution in [0.25, 0.3) is 0 Å². The van der Waals surface area contributed by atoms with E-state index in [1.165, 1.54) is 19.3 Å². The number of anilines is 1. The summed E-state index contributed by atoms with van der Waals surface area (Å²) >= 11 is 0. The average molecular weight is 274 g/mol. The van der Waals surface area contributed by atoms with Gasteiger partial charge >= 0.3 is 0 Å². The van der Waals surface area contributed by atoms with Crippen molar-refractivity contribution in [2.45, 2.75) is 57.9 Å². The number of carbonyl (C=O) groups excluding carboxylic acids is 1. The molecule has 110 valence electrons. The van der Waals surface area contributed by atoms with Crippen LogP contribution >= 0.6 is 0 Å². The molecule has 0 heterocycles. The zero-order valence-electron chi connectivity index (χ0n) is 12.7. The lowest BCUT2D eigenvalue weighted by Crippen LogP contribution is -2.47. The Hall–Kier alpha value is -1.51. The van der Waals surface area contributed by atoms with Crippen LogP contribution in [0.2, 0.25) is 0 Å². The Labute approximate surface area is 122 Å². The van der Waals surface area contributed by atoms with Crippen molar-refractivity contribution in [3.8, 4) is 0 Å². The van der Waals surface area contributed by atoms with Gasteiger partial charge in [0.15, 0.2) is 0 Å². The molecule has 0 aromatic heterocycles. The van der Waals surface area contributed by atoms with Crippen LogP contribution in [0.1, 0.15) is 62.7 Å². The topological polar surface area (TPSA) is 41.1 Å². The zero-order valence-corrected chi connectivity index (χ0v) is 12.7. The van der Waals surface area contributed by atoms with E-state index in [1.54, 1.807) is 0 Å². The summed E-state index contributed by atoms with van der Waals surface area (Å²) in [6.07, 6.45) is 7.01. The fourth-order valence-electron chi connectivity index (χ4n) is 2.81. The highest BCUT2D eigenvalue weighted by molar-refractivity contribution is 5.95. The number of hydrogen-bond acceptors (Lipinski definition) is 2. The first kappa shape index (κ1) is 14.9. The Morgan fingerprint density at radius 2 is 1.80 bits per heavy atom. The van der Waals surface area contributed by atoms with Gasteiger partial charge in [-0.2, -0.15) is 0 Å². The number of carbonyl (C=O) groups is 1. The maximum absolute atomic E-state index is 12.3. The number of benzene rings is 1. The molecule has 0 spiro atoms. The van der Waals surface area contributed by atoms with Gasteiger partial charge in [0.2, 0.25) is 0 Å². The highest BCUT2D eigenvalue weighted by atomic mass is 16.1. The first-order valence-corrected chi connectivity index (χ1v) is 7.79. The quantitative estimate of drug-likeness (QED) is 0.853. The van der Waals surface area contributed by atoms with Crippen LogP contribution in [0.15, 0.2) is 24.3 Å². The summed E-state index contributed by atoms with van der Waals surface area (Å²) in [4.78, 5) is 12.3. The summed E-state index contributed by atoms with van der Waals surface area (Å²) < 4.78 is 0. The normalized spacial score (nSPS) is 17.5. The molecule has 0 radical (unpaired) electrons. The average Bonchev–Trinajstić information content (AvgIpc) is 2.46.